The first-order valence-electron chi connectivity index (χ1n) is 12.9. The highest BCUT2D eigenvalue weighted by Gasteiger charge is 2.26. The topological polar surface area (TPSA) is 80.0 Å². The molecule has 2 fully saturated rings. The van der Waals surface area contributed by atoms with Gasteiger partial charge in [-0.15, -0.1) is 0 Å². The number of morpholine rings is 1. The van der Waals surface area contributed by atoms with Gasteiger partial charge in [0.15, 0.2) is 0 Å². The molecule has 1 aromatic rings. The number of pyridine rings is 1. The Hall–Kier alpha value is -3.01. The van der Waals surface area contributed by atoms with Gasteiger partial charge in [0.1, 0.15) is 11.6 Å². The fraction of sp³-hybridized carbons (Fsp3) is 0.500. The van der Waals surface area contributed by atoms with Gasteiger partial charge >= 0.3 is 0 Å². The molecule has 6 rings (SSSR count). The quantitative estimate of drug-likeness (QED) is 0.451. The summed E-state index contributed by atoms with van der Waals surface area (Å²) in [6.07, 6.45) is 12.5. The number of aromatic nitrogens is 1. The van der Waals surface area contributed by atoms with Gasteiger partial charge in [0.05, 0.1) is 24.6 Å². The van der Waals surface area contributed by atoms with Crippen LogP contribution in [0.25, 0.3) is 6.08 Å². The normalized spacial score (nSPS) is 22.4. The monoisotopic (exact) mass is 476 g/mol. The van der Waals surface area contributed by atoms with Gasteiger partial charge in [0, 0.05) is 58.7 Å². The average Bonchev–Trinajstić information content (AvgIpc) is 3.63. The van der Waals surface area contributed by atoms with E-state index in [1.165, 1.54) is 29.6 Å². The van der Waals surface area contributed by atoms with Gasteiger partial charge < -0.3 is 25.4 Å². The van der Waals surface area contributed by atoms with Crippen LogP contribution in [0.4, 0.5) is 11.5 Å². The third-order valence-corrected chi connectivity index (χ3v) is 7.27. The maximum absolute atomic E-state index is 5.45. The average molecular weight is 477 g/mol. The highest BCUT2D eigenvalue weighted by molar-refractivity contribution is 5.75. The van der Waals surface area contributed by atoms with E-state index in [4.69, 9.17) is 9.72 Å². The lowest BCUT2D eigenvalue weighted by Crippen LogP contribution is -2.38. The van der Waals surface area contributed by atoms with Gasteiger partial charge in [-0.25, -0.2) is 10.4 Å². The second-order valence-electron chi connectivity index (χ2n) is 9.99. The van der Waals surface area contributed by atoms with Crippen LogP contribution < -0.4 is 26.5 Å². The molecule has 1 saturated heterocycles. The van der Waals surface area contributed by atoms with Crippen molar-refractivity contribution < 1.29 is 4.74 Å². The van der Waals surface area contributed by atoms with E-state index in [1.807, 2.05) is 0 Å². The van der Waals surface area contributed by atoms with Crippen LogP contribution in [0.2, 0.25) is 0 Å². The molecule has 4 N–H and O–H groups in total. The number of rotatable bonds is 8. The summed E-state index contributed by atoms with van der Waals surface area (Å²) in [5.41, 5.74) is 16.1. The Bertz CT molecular complexity index is 1070. The number of hydrazine groups is 2. The number of allylic oxidation sites excluding steroid dienone is 2. The Kier molecular flexibility index (Phi) is 6.37. The summed E-state index contributed by atoms with van der Waals surface area (Å²) in [6, 6.07) is 4.21. The predicted molar refractivity (Wildman–Crippen MR) is 139 cm³/mol. The molecule has 1 aromatic heterocycles. The molecule has 1 saturated carbocycles. The third-order valence-electron chi connectivity index (χ3n) is 7.27. The Labute approximate surface area is 207 Å². The van der Waals surface area contributed by atoms with E-state index in [2.05, 4.69) is 80.1 Å². The smallest absolute Gasteiger partial charge is 0.132 e. The van der Waals surface area contributed by atoms with Crippen LogP contribution >= 0.6 is 0 Å². The largest absolute Gasteiger partial charge is 0.379 e. The van der Waals surface area contributed by atoms with Crippen LogP contribution in [-0.4, -0.2) is 74.4 Å². The molecule has 1 aliphatic carbocycles. The van der Waals surface area contributed by atoms with Crippen molar-refractivity contribution in [1.82, 2.24) is 31.2 Å². The van der Waals surface area contributed by atoms with Gasteiger partial charge in [0.2, 0.25) is 0 Å². The molecule has 0 atom stereocenters. The second-order valence-corrected chi connectivity index (χ2v) is 9.99. The van der Waals surface area contributed by atoms with Crippen LogP contribution in [0.3, 0.4) is 0 Å². The van der Waals surface area contributed by atoms with Crippen molar-refractivity contribution in [3.63, 3.8) is 0 Å². The van der Waals surface area contributed by atoms with Gasteiger partial charge in [-0.2, -0.15) is 0 Å². The molecule has 5 heterocycles. The van der Waals surface area contributed by atoms with Crippen LogP contribution in [-0.2, 0) is 4.74 Å². The minimum Gasteiger partial charge on any atom is -0.379 e. The Balaban J connectivity index is 1.11. The standard InChI is InChI=1S/C26H36N8O/c1-32-17-21(22-16-28-34(18-22)8-2-7-33-9-11-35-12-10-33)13-23-24(32)5-6-25(29-23)30-26-14-20(15-27-31-26)19-3-4-19/h5-6,13-15,18-19,27-28,31H,2-4,7-12,16-17H2,1H3,(H,29,30). The zero-order valence-corrected chi connectivity index (χ0v) is 20.5. The molecule has 0 spiro atoms. The lowest BCUT2D eigenvalue weighted by Gasteiger charge is -2.28. The van der Waals surface area contributed by atoms with Crippen LogP contribution in [0, 0.1) is 5.92 Å². The van der Waals surface area contributed by atoms with E-state index in [0.29, 0.717) is 5.92 Å². The summed E-state index contributed by atoms with van der Waals surface area (Å²) >= 11 is 0. The predicted octanol–water partition coefficient (Wildman–Crippen LogP) is 2.00. The first-order chi connectivity index (χ1) is 17.2. The molecule has 0 unspecified atom stereocenters. The van der Waals surface area contributed by atoms with Crippen LogP contribution in [0.5, 0.6) is 0 Å². The number of nitrogens with zero attached hydrogens (tertiary/aromatic N) is 4. The van der Waals surface area contributed by atoms with Crippen LogP contribution in [0.1, 0.15) is 25.0 Å². The molecule has 0 radical (unpaired) electrons. The summed E-state index contributed by atoms with van der Waals surface area (Å²) in [5, 5.41) is 5.69. The summed E-state index contributed by atoms with van der Waals surface area (Å²) in [6.45, 7) is 7.74. The number of nitrogens with one attached hydrogen (secondary N) is 4. The van der Waals surface area contributed by atoms with Crippen molar-refractivity contribution in [2.24, 2.45) is 5.92 Å². The van der Waals surface area contributed by atoms with Crippen molar-refractivity contribution in [3.8, 4) is 0 Å². The number of hydrogen-bond acceptors (Lipinski definition) is 9. The molecule has 4 aliphatic heterocycles. The van der Waals surface area contributed by atoms with E-state index < -0.39 is 0 Å². The zero-order chi connectivity index (χ0) is 23.6. The number of anilines is 2. The first kappa shape index (κ1) is 22.5. The van der Waals surface area contributed by atoms with E-state index >= 15 is 0 Å². The zero-order valence-electron chi connectivity index (χ0n) is 20.5. The summed E-state index contributed by atoms with van der Waals surface area (Å²) < 4.78 is 5.45. The first-order valence-corrected chi connectivity index (χ1v) is 12.9. The fourth-order valence-corrected chi connectivity index (χ4v) is 5.11. The minimum absolute atomic E-state index is 0.698. The Morgan fingerprint density at radius 3 is 2.86 bits per heavy atom. The molecule has 0 amide bonds. The van der Waals surface area contributed by atoms with Gasteiger partial charge in [-0.3, -0.25) is 10.3 Å². The molecule has 0 bridgehead atoms. The molecule has 9 nitrogen and oxygen atoms in total. The van der Waals surface area contributed by atoms with E-state index in [-0.39, 0.29) is 0 Å². The Morgan fingerprint density at radius 1 is 1.11 bits per heavy atom. The van der Waals surface area contributed by atoms with Crippen molar-refractivity contribution in [2.75, 3.05) is 69.7 Å². The molecule has 9 heteroatoms. The minimum atomic E-state index is 0.698. The SMILES string of the molecule is CN1CC(C2=CN(CCCN3CCOCC3)NC2)=Cc2nc(NC3=CC(C4CC4)=CNN3)ccc21. The van der Waals surface area contributed by atoms with E-state index in [9.17, 15) is 0 Å². The maximum Gasteiger partial charge on any atom is 0.132 e. The fourth-order valence-electron chi connectivity index (χ4n) is 5.11. The number of fused-ring (bicyclic) bond motifs is 1. The van der Waals surface area contributed by atoms with Crippen molar-refractivity contribution in [3.05, 3.63) is 58.8 Å². The number of hydrogen-bond donors (Lipinski definition) is 4. The molecule has 35 heavy (non-hydrogen) atoms. The van der Waals surface area contributed by atoms with Gasteiger partial charge in [0.25, 0.3) is 0 Å². The van der Waals surface area contributed by atoms with Gasteiger partial charge in [-0.1, -0.05) is 0 Å². The van der Waals surface area contributed by atoms with E-state index in [0.717, 1.165) is 81.9 Å². The lowest BCUT2D eigenvalue weighted by molar-refractivity contribution is 0.0363. The molecular weight excluding hydrogens is 440 g/mol. The van der Waals surface area contributed by atoms with Gasteiger partial charge in [-0.05, 0) is 66.2 Å². The highest BCUT2D eigenvalue weighted by Crippen LogP contribution is 2.37. The molecule has 186 valence electrons. The third kappa shape index (κ3) is 5.32. The molecule has 5 aliphatic rings. The van der Waals surface area contributed by atoms with E-state index in [1.54, 1.807) is 0 Å². The summed E-state index contributed by atoms with van der Waals surface area (Å²) in [7, 11) is 2.14. The maximum atomic E-state index is 5.45. The lowest BCUT2D eigenvalue weighted by atomic mass is 10.0. The van der Waals surface area contributed by atoms with Crippen molar-refractivity contribution >= 4 is 17.6 Å². The molecular formula is C26H36N8O. The number of likely N-dealkylation sites (N-methyl/N-ethyl adjacent to an activating group) is 1. The highest BCUT2D eigenvalue weighted by atomic mass is 16.5. The Morgan fingerprint density at radius 2 is 2.00 bits per heavy atom. The summed E-state index contributed by atoms with van der Waals surface area (Å²) in [5.74, 6) is 2.48. The van der Waals surface area contributed by atoms with Crippen molar-refractivity contribution in [1.29, 1.82) is 0 Å². The second kappa shape index (κ2) is 9.93. The van der Waals surface area contributed by atoms with Crippen molar-refractivity contribution in [2.45, 2.75) is 19.3 Å². The van der Waals surface area contributed by atoms with Crippen LogP contribution in [0.15, 0.2) is 53.1 Å². The summed E-state index contributed by atoms with van der Waals surface area (Å²) in [4.78, 5) is 9.73. The number of ether oxygens (including phenoxy) is 1. The molecule has 0 aromatic carbocycles.